The molecule has 2 aromatic carbocycles. The van der Waals surface area contributed by atoms with E-state index in [-0.39, 0.29) is 0 Å². The van der Waals surface area contributed by atoms with Gasteiger partial charge in [0.25, 0.3) is 0 Å². The summed E-state index contributed by atoms with van der Waals surface area (Å²) in [7, 11) is 4.89. The Bertz CT molecular complexity index is 1000. The lowest BCUT2D eigenvalue weighted by molar-refractivity contribution is 0.154. The Kier molecular flexibility index (Phi) is 7.64. The number of methoxy groups -OCH3 is 2. The molecule has 0 aliphatic rings. The number of fused-ring (bicyclic) bond motifs is 1. The van der Waals surface area contributed by atoms with Crippen molar-refractivity contribution in [3.05, 3.63) is 58.4 Å². The lowest BCUT2D eigenvalue weighted by Crippen LogP contribution is -2.11. The molecule has 5 nitrogen and oxygen atoms in total. The minimum absolute atomic E-state index is 0.400. The maximum absolute atomic E-state index is 12.9. The van der Waals surface area contributed by atoms with Crippen molar-refractivity contribution in [2.24, 2.45) is 0 Å². The Balaban J connectivity index is 2.14. The predicted molar refractivity (Wildman–Crippen MR) is 122 cm³/mol. The van der Waals surface area contributed by atoms with Crippen LogP contribution in [0, 0.1) is 0 Å². The van der Waals surface area contributed by atoms with Crippen molar-refractivity contribution in [2.45, 2.75) is 6.42 Å². The number of benzene rings is 2. The number of ether oxygens (including phenoxy) is 3. The Hall–Kier alpha value is -1.71. The molecule has 3 aromatic rings. The first-order chi connectivity index (χ1) is 13.7. The van der Waals surface area contributed by atoms with Gasteiger partial charge in [-0.15, -0.1) is 0 Å². The lowest BCUT2D eigenvalue weighted by atomic mass is 9.95. The first-order valence-electron chi connectivity index (χ1n) is 8.78. The first kappa shape index (κ1) is 21.0. The van der Waals surface area contributed by atoms with Crippen molar-refractivity contribution < 1.29 is 18.6 Å². The third-order valence-corrected chi connectivity index (χ3v) is 6.04. The summed E-state index contributed by atoms with van der Waals surface area (Å²) < 4.78 is 22.1. The molecule has 0 radical (unpaired) electrons. The lowest BCUT2D eigenvalue weighted by Gasteiger charge is -2.15. The van der Waals surface area contributed by atoms with E-state index in [1.807, 2.05) is 36.4 Å². The van der Waals surface area contributed by atoms with E-state index in [2.05, 4.69) is 21.2 Å². The van der Waals surface area contributed by atoms with E-state index in [9.17, 15) is 4.79 Å². The average molecular weight is 512 g/mol. The van der Waals surface area contributed by atoms with Crippen LogP contribution in [0.15, 0.2) is 51.7 Å². The van der Waals surface area contributed by atoms with Gasteiger partial charge in [0.2, 0.25) is 0 Å². The summed E-state index contributed by atoms with van der Waals surface area (Å²) in [4.78, 5) is 12.9. The van der Waals surface area contributed by atoms with Gasteiger partial charge in [0.1, 0.15) is 17.1 Å². The maximum atomic E-state index is 12.9. The second kappa shape index (κ2) is 10.2. The highest BCUT2D eigenvalue weighted by Crippen LogP contribution is 2.34. The molecule has 0 amide bonds. The normalized spacial score (nSPS) is 11.0. The van der Waals surface area contributed by atoms with Crippen LogP contribution in [-0.4, -0.2) is 33.2 Å². The van der Waals surface area contributed by atoms with Crippen LogP contribution in [0.2, 0.25) is 0 Å². The Morgan fingerprint density at radius 1 is 1.07 bits per heavy atom. The molecule has 0 N–H and O–H groups in total. The molecule has 0 saturated carbocycles. The minimum atomic E-state index is -0.400. The molecule has 1 heterocycles. The Morgan fingerprint density at radius 3 is 2.64 bits per heavy atom. The van der Waals surface area contributed by atoms with Crippen LogP contribution in [-0.2, 0) is 11.2 Å². The highest BCUT2D eigenvalue weighted by molar-refractivity contribution is 14.2. The Morgan fingerprint density at radius 2 is 1.89 bits per heavy atom. The summed E-state index contributed by atoms with van der Waals surface area (Å²) in [6, 6.07) is 13.0. The zero-order valence-corrected chi connectivity index (χ0v) is 18.7. The smallest absolute Gasteiger partial charge is 0.344 e. The van der Waals surface area contributed by atoms with Gasteiger partial charge < -0.3 is 18.6 Å². The molecule has 0 fully saturated rings. The molecule has 28 heavy (non-hydrogen) atoms. The van der Waals surface area contributed by atoms with E-state index < -0.39 is 5.63 Å². The third kappa shape index (κ3) is 4.64. The van der Waals surface area contributed by atoms with Gasteiger partial charge in [-0.3, -0.25) is 0 Å². The van der Waals surface area contributed by atoms with Gasteiger partial charge in [0.05, 0.1) is 33.0 Å². The van der Waals surface area contributed by atoms with Crippen molar-refractivity contribution in [1.82, 2.24) is 0 Å². The zero-order chi connectivity index (χ0) is 19.9. The summed E-state index contributed by atoms with van der Waals surface area (Å²) >= 11 is 2.25. The number of para-hydroxylation sites is 1. The van der Waals surface area contributed by atoms with Crippen molar-refractivity contribution in [3.8, 4) is 22.6 Å². The van der Waals surface area contributed by atoms with Crippen molar-refractivity contribution in [3.63, 3.8) is 0 Å². The SMILES string of the molecule is COc1ccc2c(CCOCCSI)c(-c3ccccc3OC)c(=O)oc2c1. The second-order valence-electron chi connectivity index (χ2n) is 5.98. The molecule has 1 aromatic heterocycles. The van der Waals surface area contributed by atoms with Gasteiger partial charge in [-0.2, -0.15) is 0 Å². The zero-order valence-electron chi connectivity index (χ0n) is 15.7. The monoisotopic (exact) mass is 512 g/mol. The largest absolute Gasteiger partial charge is 0.497 e. The fraction of sp³-hybridized carbons (Fsp3) is 0.286. The van der Waals surface area contributed by atoms with Crippen LogP contribution < -0.4 is 15.1 Å². The molecule has 0 unspecified atom stereocenters. The molecule has 7 heteroatoms. The van der Waals surface area contributed by atoms with Gasteiger partial charge in [0.15, 0.2) is 0 Å². The average Bonchev–Trinajstić information content (AvgIpc) is 2.72. The molecule has 0 spiro atoms. The van der Waals surface area contributed by atoms with Gasteiger partial charge in [-0.1, -0.05) is 27.1 Å². The highest BCUT2D eigenvalue weighted by atomic mass is 127. The van der Waals surface area contributed by atoms with Crippen LogP contribution in [0.25, 0.3) is 22.1 Å². The van der Waals surface area contributed by atoms with Gasteiger partial charge >= 0.3 is 5.63 Å². The van der Waals surface area contributed by atoms with E-state index in [0.29, 0.717) is 47.8 Å². The summed E-state index contributed by atoms with van der Waals surface area (Å²) in [6.07, 6.45) is 0.591. The van der Waals surface area contributed by atoms with Crippen LogP contribution in [0.1, 0.15) is 5.56 Å². The molecule has 0 aliphatic carbocycles. The summed E-state index contributed by atoms with van der Waals surface area (Å²) in [5.41, 5.74) is 2.22. The molecule has 0 atom stereocenters. The number of hydrogen-bond donors (Lipinski definition) is 0. The van der Waals surface area contributed by atoms with E-state index >= 15 is 0 Å². The van der Waals surface area contributed by atoms with Crippen molar-refractivity contribution >= 4 is 41.1 Å². The van der Waals surface area contributed by atoms with Gasteiger partial charge in [-0.05, 0) is 51.4 Å². The van der Waals surface area contributed by atoms with Gasteiger partial charge in [-0.25, -0.2) is 4.79 Å². The molecule has 148 valence electrons. The molecule has 0 saturated heterocycles. The first-order valence-corrected chi connectivity index (χ1v) is 12.3. The molecular formula is C21H21IO5S. The highest BCUT2D eigenvalue weighted by Gasteiger charge is 2.19. The molecule has 3 rings (SSSR count). The van der Waals surface area contributed by atoms with Crippen LogP contribution in [0.4, 0.5) is 0 Å². The summed E-state index contributed by atoms with van der Waals surface area (Å²) in [5.74, 6) is 2.20. The minimum Gasteiger partial charge on any atom is -0.497 e. The van der Waals surface area contributed by atoms with Crippen LogP contribution in [0.5, 0.6) is 11.5 Å². The molecule has 0 aliphatic heterocycles. The second-order valence-corrected chi connectivity index (χ2v) is 8.48. The summed E-state index contributed by atoms with van der Waals surface area (Å²) in [6.45, 7) is 1.19. The molecular weight excluding hydrogens is 491 g/mol. The fourth-order valence-corrected chi connectivity index (χ4v) is 3.84. The van der Waals surface area contributed by atoms with E-state index in [0.717, 1.165) is 16.7 Å². The van der Waals surface area contributed by atoms with Crippen LogP contribution in [0.3, 0.4) is 0 Å². The number of halogens is 1. The quantitative estimate of drug-likeness (QED) is 0.226. The van der Waals surface area contributed by atoms with Gasteiger partial charge in [0, 0.05) is 22.8 Å². The predicted octanol–water partition coefficient (Wildman–Crippen LogP) is 5.12. The van der Waals surface area contributed by atoms with Crippen molar-refractivity contribution in [1.29, 1.82) is 0 Å². The maximum Gasteiger partial charge on any atom is 0.344 e. The van der Waals surface area contributed by atoms with Crippen LogP contribution >= 0.6 is 30.1 Å². The van der Waals surface area contributed by atoms with E-state index in [4.69, 9.17) is 18.6 Å². The third-order valence-electron chi connectivity index (χ3n) is 4.40. The standard InChI is InChI=1S/C21H21IO5S/c1-24-14-7-8-15-16(9-10-26-11-12-28-22)20(21(23)27-19(15)13-14)17-5-3-4-6-18(17)25-2/h3-8,13H,9-12H2,1-2H3. The fourth-order valence-electron chi connectivity index (χ4n) is 3.12. The topological polar surface area (TPSA) is 57.9 Å². The summed E-state index contributed by atoms with van der Waals surface area (Å²) in [5, 5.41) is 0.869. The Labute approximate surface area is 179 Å². The van der Waals surface area contributed by atoms with E-state index in [1.165, 1.54) is 0 Å². The number of rotatable bonds is 9. The van der Waals surface area contributed by atoms with Crippen molar-refractivity contribution in [2.75, 3.05) is 33.2 Å². The number of hydrogen-bond acceptors (Lipinski definition) is 6. The van der Waals surface area contributed by atoms with E-state index in [1.54, 1.807) is 29.2 Å². The molecule has 0 bridgehead atoms.